The zero-order chi connectivity index (χ0) is 6.53. The average molecular weight is 127 g/mol. The van der Waals surface area contributed by atoms with Crippen molar-refractivity contribution in [3.63, 3.8) is 0 Å². The SMILES string of the molecule is C/C=C/CNC1COC1. The van der Waals surface area contributed by atoms with Gasteiger partial charge in [-0.1, -0.05) is 12.2 Å². The van der Waals surface area contributed by atoms with Crippen LogP contribution >= 0.6 is 0 Å². The van der Waals surface area contributed by atoms with Crippen molar-refractivity contribution in [1.82, 2.24) is 5.32 Å². The molecule has 1 heterocycles. The summed E-state index contributed by atoms with van der Waals surface area (Å²) in [7, 11) is 0. The average Bonchev–Trinajstić information content (AvgIpc) is 1.76. The minimum Gasteiger partial charge on any atom is -0.378 e. The minimum absolute atomic E-state index is 0.612. The molecule has 0 aromatic rings. The fourth-order valence-electron chi connectivity index (χ4n) is 0.706. The Balaban J connectivity index is 1.91. The topological polar surface area (TPSA) is 21.3 Å². The van der Waals surface area contributed by atoms with E-state index < -0.39 is 0 Å². The van der Waals surface area contributed by atoms with Crippen LogP contribution in [0.3, 0.4) is 0 Å². The number of nitrogens with one attached hydrogen (secondary N) is 1. The van der Waals surface area contributed by atoms with Gasteiger partial charge in [0, 0.05) is 6.54 Å². The molecule has 0 saturated carbocycles. The second kappa shape index (κ2) is 3.64. The zero-order valence-corrected chi connectivity index (χ0v) is 5.76. The van der Waals surface area contributed by atoms with Crippen molar-refractivity contribution in [1.29, 1.82) is 0 Å². The van der Waals surface area contributed by atoms with Gasteiger partial charge in [0.2, 0.25) is 0 Å². The van der Waals surface area contributed by atoms with E-state index in [1.807, 2.05) is 13.0 Å². The van der Waals surface area contributed by atoms with E-state index in [-0.39, 0.29) is 0 Å². The molecule has 2 nitrogen and oxygen atoms in total. The van der Waals surface area contributed by atoms with Gasteiger partial charge in [-0.15, -0.1) is 0 Å². The first-order valence-corrected chi connectivity index (χ1v) is 3.36. The summed E-state index contributed by atoms with van der Waals surface area (Å²) in [6.45, 7) is 4.78. The smallest absolute Gasteiger partial charge is 0.0643 e. The fraction of sp³-hybridized carbons (Fsp3) is 0.714. The van der Waals surface area contributed by atoms with Gasteiger partial charge in [-0.05, 0) is 6.92 Å². The molecule has 0 spiro atoms. The van der Waals surface area contributed by atoms with E-state index in [9.17, 15) is 0 Å². The molecule has 0 aliphatic carbocycles. The van der Waals surface area contributed by atoms with E-state index in [0.29, 0.717) is 6.04 Å². The largest absolute Gasteiger partial charge is 0.378 e. The van der Waals surface area contributed by atoms with Gasteiger partial charge in [0.25, 0.3) is 0 Å². The van der Waals surface area contributed by atoms with Crippen molar-refractivity contribution in [2.45, 2.75) is 13.0 Å². The molecule has 0 amide bonds. The molecule has 1 fully saturated rings. The maximum atomic E-state index is 4.98. The lowest BCUT2D eigenvalue weighted by Gasteiger charge is -2.26. The van der Waals surface area contributed by atoms with E-state index in [0.717, 1.165) is 19.8 Å². The van der Waals surface area contributed by atoms with E-state index in [1.165, 1.54) is 0 Å². The number of rotatable bonds is 3. The second-order valence-corrected chi connectivity index (χ2v) is 2.21. The highest BCUT2D eigenvalue weighted by atomic mass is 16.5. The lowest BCUT2D eigenvalue weighted by Crippen LogP contribution is -2.45. The van der Waals surface area contributed by atoms with Crippen LogP contribution in [0.5, 0.6) is 0 Å². The molecule has 9 heavy (non-hydrogen) atoms. The van der Waals surface area contributed by atoms with Crippen LogP contribution in [0, 0.1) is 0 Å². The summed E-state index contributed by atoms with van der Waals surface area (Å²) in [4.78, 5) is 0. The Labute approximate surface area is 55.9 Å². The van der Waals surface area contributed by atoms with Gasteiger partial charge in [0.15, 0.2) is 0 Å². The maximum Gasteiger partial charge on any atom is 0.0643 e. The third kappa shape index (κ3) is 2.16. The summed E-state index contributed by atoms with van der Waals surface area (Å²) >= 11 is 0. The second-order valence-electron chi connectivity index (χ2n) is 2.21. The highest BCUT2D eigenvalue weighted by Crippen LogP contribution is 1.97. The van der Waals surface area contributed by atoms with Gasteiger partial charge in [-0.2, -0.15) is 0 Å². The summed E-state index contributed by atoms with van der Waals surface area (Å²) in [6.07, 6.45) is 4.16. The molecule has 0 atom stereocenters. The Morgan fingerprint density at radius 1 is 1.67 bits per heavy atom. The van der Waals surface area contributed by atoms with E-state index in [4.69, 9.17) is 4.74 Å². The summed E-state index contributed by atoms with van der Waals surface area (Å²) in [5.74, 6) is 0. The fourth-order valence-corrected chi connectivity index (χ4v) is 0.706. The van der Waals surface area contributed by atoms with Crippen LogP contribution in [0.1, 0.15) is 6.92 Å². The Bertz CT molecular complexity index is 97.1. The zero-order valence-electron chi connectivity index (χ0n) is 5.76. The van der Waals surface area contributed by atoms with Crippen LogP contribution in [0.15, 0.2) is 12.2 Å². The third-order valence-corrected chi connectivity index (χ3v) is 1.40. The molecule has 0 bridgehead atoms. The van der Waals surface area contributed by atoms with Crippen molar-refractivity contribution in [2.24, 2.45) is 0 Å². The summed E-state index contributed by atoms with van der Waals surface area (Å²) in [5, 5.41) is 3.31. The molecule has 0 aromatic carbocycles. The predicted octanol–water partition coefficient (Wildman–Crippen LogP) is 0.551. The van der Waals surface area contributed by atoms with Crippen molar-refractivity contribution in [3.05, 3.63) is 12.2 Å². The van der Waals surface area contributed by atoms with Crippen LogP contribution in [0.25, 0.3) is 0 Å². The number of ether oxygens (including phenoxy) is 1. The highest BCUT2D eigenvalue weighted by molar-refractivity contribution is 4.83. The first kappa shape index (κ1) is 6.78. The van der Waals surface area contributed by atoms with Gasteiger partial charge in [0.1, 0.15) is 0 Å². The Morgan fingerprint density at radius 3 is 2.89 bits per heavy atom. The molecular weight excluding hydrogens is 114 g/mol. The van der Waals surface area contributed by atoms with Crippen LogP contribution in [0.4, 0.5) is 0 Å². The van der Waals surface area contributed by atoms with Gasteiger partial charge >= 0.3 is 0 Å². The molecular formula is C7H13NO. The highest BCUT2D eigenvalue weighted by Gasteiger charge is 2.15. The van der Waals surface area contributed by atoms with Crippen molar-refractivity contribution < 1.29 is 4.74 Å². The maximum absolute atomic E-state index is 4.98. The van der Waals surface area contributed by atoms with E-state index >= 15 is 0 Å². The van der Waals surface area contributed by atoms with Crippen LogP contribution in [0.2, 0.25) is 0 Å². The van der Waals surface area contributed by atoms with Gasteiger partial charge < -0.3 is 10.1 Å². The molecule has 0 radical (unpaired) electrons. The molecule has 1 aliphatic heterocycles. The van der Waals surface area contributed by atoms with Crippen LogP contribution < -0.4 is 5.32 Å². The Hall–Kier alpha value is -0.340. The quantitative estimate of drug-likeness (QED) is 0.559. The summed E-state index contributed by atoms with van der Waals surface area (Å²) in [6, 6.07) is 0.612. The van der Waals surface area contributed by atoms with Gasteiger partial charge in [0.05, 0.1) is 19.3 Å². The molecule has 0 aromatic heterocycles. The van der Waals surface area contributed by atoms with Gasteiger partial charge in [-0.3, -0.25) is 0 Å². The first-order chi connectivity index (χ1) is 4.43. The lowest BCUT2D eigenvalue weighted by molar-refractivity contribution is -0.00346. The van der Waals surface area contributed by atoms with Crippen molar-refractivity contribution in [3.8, 4) is 0 Å². The molecule has 1 saturated heterocycles. The predicted molar refractivity (Wildman–Crippen MR) is 37.4 cm³/mol. The first-order valence-electron chi connectivity index (χ1n) is 3.36. The monoisotopic (exact) mass is 127 g/mol. The number of hydrogen-bond donors (Lipinski definition) is 1. The Morgan fingerprint density at radius 2 is 2.44 bits per heavy atom. The van der Waals surface area contributed by atoms with Crippen LogP contribution in [-0.2, 0) is 4.74 Å². The van der Waals surface area contributed by atoms with E-state index in [2.05, 4.69) is 11.4 Å². The molecule has 1 rings (SSSR count). The van der Waals surface area contributed by atoms with Crippen LogP contribution in [-0.4, -0.2) is 25.8 Å². The molecule has 1 N–H and O–H groups in total. The normalized spacial score (nSPS) is 20.6. The number of allylic oxidation sites excluding steroid dienone is 1. The minimum atomic E-state index is 0.612. The summed E-state index contributed by atoms with van der Waals surface area (Å²) in [5.41, 5.74) is 0. The Kier molecular flexibility index (Phi) is 2.74. The lowest BCUT2D eigenvalue weighted by atomic mass is 10.2. The van der Waals surface area contributed by atoms with Crippen molar-refractivity contribution >= 4 is 0 Å². The standard InChI is InChI=1S/C7H13NO/c1-2-3-4-8-7-5-9-6-7/h2-3,7-8H,4-6H2,1H3/b3-2+. The number of hydrogen-bond acceptors (Lipinski definition) is 2. The molecule has 52 valence electrons. The molecule has 2 heteroatoms. The van der Waals surface area contributed by atoms with E-state index in [1.54, 1.807) is 0 Å². The molecule has 0 unspecified atom stereocenters. The molecule has 1 aliphatic rings. The third-order valence-electron chi connectivity index (χ3n) is 1.40. The van der Waals surface area contributed by atoms with Crippen molar-refractivity contribution in [2.75, 3.05) is 19.8 Å². The van der Waals surface area contributed by atoms with Gasteiger partial charge in [-0.25, -0.2) is 0 Å². The summed E-state index contributed by atoms with van der Waals surface area (Å²) < 4.78 is 4.98.